The Morgan fingerprint density at radius 2 is 2.43 bits per heavy atom. The van der Waals surface area contributed by atoms with Crippen molar-refractivity contribution in [3.63, 3.8) is 0 Å². The van der Waals surface area contributed by atoms with Crippen molar-refractivity contribution < 1.29 is 4.92 Å². The van der Waals surface area contributed by atoms with Gasteiger partial charge in [0.25, 0.3) is 0 Å². The highest BCUT2D eigenvalue weighted by Gasteiger charge is 2.22. The summed E-state index contributed by atoms with van der Waals surface area (Å²) in [7, 11) is 0. The number of aromatic nitrogens is 3. The maximum Gasteiger partial charge on any atom is 0.324 e. The molecule has 1 unspecified atom stereocenters. The Morgan fingerprint density at radius 1 is 1.57 bits per heavy atom. The van der Waals surface area contributed by atoms with Crippen molar-refractivity contribution in [1.82, 2.24) is 15.2 Å². The van der Waals surface area contributed by atoms with Crippen LogP contribution in [0.25, 0.3) is 10.7 Å². The van der Waals surface area contributed by atoms with E-state index in [1.54, 1.807) is 6.07 Å². The van der Waals surface area contributed by atoms with Gasteiger partial charge in [0.05, 0.1) is 9.80 Å². The van der Waals surface area contributed by atoms with Gasteiger partial charge in [0.2, 0.25) is 5.95 Å². The van der Waals surface area contributed by atoms with Crippen LogP contribution in [0.2, 0.25) is 0 Å². The topological polar surface area (TPSA) is 114 Å². The molecule has 8 nitrogen and oxygen atoms in total. The number of piperidine rings is 1. The first-order valence-electron chi connectivity index (χ1n) is 6.79. The molecule has 0 saturated carbocycles. The maximum atomic E-state index is 10.7. The van der Waals surface area contributed by atoms with Gasteiger partial charge >= 0.3 is 5.00 Å². The molecule has 0 amide bonds. The van der Waals surface area contributed by atoms with Gasteiger partial charge in [0, 0.05) is 19.2 Å². The van der Waals surface area contributed by atoms with Crippen LogP contribution in [-0.2, 0) is 0 Å². The first-order valence-corrected chi connectivity index (χ1v) is 7.61. The largest absolute Gasteiger partial charge is 0.339 e. The van der Waals surface area contributed by atoms with E-state index in [1.807, 2.05) is 0 Å². The van der Waals surface area contributed by atoms with Gasteiger partial charge in [-0.2, -0.15) is 4.98 Å². The Hall–Kier alpha value is -2.00. The zero-order valence-corrected chi connectivity index (χ0v) is 12.2. The van der Waals surface area contributed by atoms with Crippen molar-refractivity contribution in [3.05, 3.63) is 22.2 Å². The van der Waals surface area contributed by atoms with Gasteiger partial charge in [0.1, 0.15) is 0 Å². The molecular weight excluding hydrogens is 292 g/mol. The number of nitro groups is 1. The van der Waals surface area contributed by atoms with E-state index in [-0.39, 0.29) is 5.00 Å². The lowest BCUT2D eigenvalue weighted by molar-refractivity contribution is -0.380. The van der Waals surface area contributed by atoms with Gasteiger partial charge in [0.15, 0.2) is 5.82 Å². The first kappa shape index (κ1) is 14.0. The molecule has 1 saturated heterocycles. The molecule has 0 aliphatic carbocycles. The van der Waals surface area contributed by atoms with Gasteiger partial charge in [-0.05, 0) is 31.4 Å². The smallest absolute Gasteiger partial charge is 0.324 e. The van der Waals surface area contributed by atoms with E-state index in [2.05, 4.69) is 20.1 Å². The van der Waals surface area contributed by atoms with Crippen LogP contribution >= 0.6 is 11.3 Å². The maximum absolute atomic E-state index is 10.7. The Balaban J connectivity index is 1.77. The third kappa shape index (κ3) is 2.88. The molecule has 21 heavy (non-hydrogen) atoms. The van der Waals surface area contributed by atoms with Gasteiger partial charge in [-0.15, -0.1) is 5.10 Å². The quantitative estimate of drug-likeness (QED) is 0.655. The highest BCUT2D eigenvalue weighted by atomic mass is 32.1. The third-order valence-corrected chi connectivity index (χ3v) is 4.66. The molecule has 2 aromatic rings. The lowest BCUT2D eigenvalue weighted by Gasteiger charge is -2.31. The van der Waals surface area contributed by atoms with Gasteiger partial charge in [-0.1, -0.05) is 11.3 Å². The van der Waals surface area contributed by atoms with E-state index in [1.165, 1.54) is 6.07 Å². The molecule has 3 heterocycles. The molecule has 0 radical (unpaired) electrons. The Kier molecular flexibility index (Phi) is 3.84. The highest BCUT2D eigenvalue weighted by Crippen LogP contribution is 2.31. The molecule has 1 atom stereocenters. The van der Waals surface area contributed by atoms with E-state index in [9.17, 15) is 10.1 Å². The zero-order valence-electron chi connectivity index (χ0n) is 11.4. The summed E-state index contributed by atoms with van der Waals surface area (Å²) in [6, 6.07) is 3.17. The fourth-order valence-corrected chi connectivity index (χ4v) is 3.26. The molecule has 1 fully saturated rings. The van der Waals surface area contributed by atoms with Crippen LogP contribution in [0.5, 0.6) is 0 Å². The lowest BCUT2D eigenvalue weighted by Crippen LogP contribution is -2.38. The normalized spacial score (nSPS) is 18.9. The second-order valence-electron chi connectivity index (χ2n) is 5.07. The van der Waals surface area contributed by atoms with Crippen molar-refractivity contribution in [1.29, 1.82) is 0 Å². The summed E-state index contributed by atoms with van der Waals surface area (Å²) in [5.74, 6) is 1.68. The van der Waals surface area contributed by atoms with Crippen molar-refractivity contribution in [2.24, 2.45) is 11.7 Å². The van der Waals surface area contributed by atoms with E-state index in [4.69, 9.17) is 5.73 Å². The number of rotatable bonds is 4. The van der Waals surface area contributed by atoms with E-state index in [0.717, 1.165) is 37.3 Å². The average molecular weight is 308 g/mol. The standard InChI is InChI=1S/C12H16N6O2S/c13-6-8-2-1-5-17(7-8)12-14-11(15-16-12)9-3-4-10(21-9)18(19)20/h3-4,8H,1-2,5-7,13H2,(H,14,15,16). The fourth-order valence-electron chi connectivity index (χ4n) is 2.50. The van der Waals surface area contributed by atoms with Crippen LogP contribution in [-0.4, -0.2) is 39.7 Å². The molecule has 3 rings (SSSR count). The minimum Gasteiger partial charge on any atom is -0.339 e. The van der Waals surface area contributed by atoms with E-state index >= 15 is 0 Å². The number of nitrogens with two attached hydrogens (primary N) is 1. The minimum absolute atomic E-state index is 0.101. The molecule has 112 valence electrons. The van der Waals surface area contributed by atoms with Crippen molar-refractivity contribution in [3.8, 4) is 10.7 Å². The predicted molar refractivity (Wildman–Crippen MR) is 80.3 cm³/mol. The van der Waals surface area contributed by atoms with Crippen LogP contribution in [0, 0.1) is 16.0 Å². The van der Waals surface area contributed by atoms with E-state index < -0.39 is 4.92 Å². The SMILES string of the molecule is NCC1CCCN(c2n[nH]c(-c3ccc([N+](=O)[O-])s3)n2)C1. The third-order valence-electron chi connectivity index (χ3n) is 3.61. The number of aromatic amines is 1. The summed E-state index contributed by atoms with van der Waals surface area (Å²) in [6.45, 7) is 2.45. The Bertz CT molecular complexity index is 639. The van der Waals surface area contributed by atoms with Crippen LogP contribution in [0.15, 0.2) is 12.1 Å². The summed E-state index contributed by atoms with van der Waals surface area (Å²) in [4.78, 5) is 17.6. The monoisotopic (exact) mass is 308 g/mol. The molecule has 9 heteroatoms. The number of H-pyrrole nitrogens is 1. The summed E-state index contributed by atoms with van der Waals surface area (Å²) in [5, 5.41) is 17.9. The summed E-state index contributed by atoms with van der Waals surface area (Å²) < 4.78 is 0. The van der Waals surface area contributed by atoms with Crippen LogP contribution in [0.1, 0.15) is 12.8 Å². The summed E-state index contributed by atoms with van der Waals surface area (Å²) >= 11 is 1.09. The second-order valence-corrected chi connectivity index (χ2v) is 6.13. The number of thiophene rings is 1. The zero-order chi connectivity index (χ0) is 14.8. The molecule has 1 aliphatic rings. The van der Waals surface area contributed by atoms with Gasteiger partial charge in [-0.3, -0.25) is 15.2 Å². The number of nitrogens with one attached hydrogen (secondary N) is 1. The lowest BCUT2D eigenvalue weighted by atomic mass is 9.99. The summed E-state index contributed by atoms with van der Waals surface area (Å²) in [5.41, 5.74) is 5.73. The van der Waals surface area contributed by atoms with Crippen LogP contribution < -0.4 is 10.6 Å². The van der Waals surface area contributed by atoms with Crippen LogP contribution in [0.3, 0.4) is 0 Å². The van der Waals surface area contributed by atoms with Crippen molar-refractivity contribution in [2.45, 2.75) is 12.8 Å². The Morgan fingerprint density at radius 3 is 3.14 bits per heavy atom. The molecule has 0 aromatic carbocycles. The summed E-state index contributed by atoms with van der Waals surface area (Å²) in [6.07, 6.45) is 2.22. The fraction of sp³-hybridized carbons (Fsp3) is 0.500. The second kappa shape index (κ2) is 5.78. The average Bonchev–Trinajstić information content (AvgIpc) is 3.16. The van der Waals surface area contributed by atoms with Gasteiger partial charge < -0.3 is 10.6 Å². The molecular formula is C12H16N6O2S. The van der Waals surface area contributed by atoms with Crippen LogP contribution in [0.4, 0.5) is 10.9 Å². The highest BCUT2D eigenvalue weighted by molar-refractivity contribution is 7.18. The molecule has 2 aromatic heterocycles. The van der Waals surface area contributed by atoms with Crippen molar-refractivity contribution >= 4 is 22.3 Å². The number of anilines is 1. The number of nitrogens with zero attached hydrogens (tertiary/aromatic N) is 4. The minimum atomic E-state index is -0.401. The molecule has 1 aliphatic heterocycles. The van der Waals surface area contributed by atoms with Crippen molar-refractivity contribution in [2.75, 3.05) is 24.5 Å². The van der Waals surface area contributed by atoms with Gasteiger partial charge in [-0.25, -0.2) is 0 Å². The molecule has 0 bridgehead atoms. The first-order chi connectivity index (χ1) is 10.2. The van der Waals surface area contributed by atoms with E-state index in [0.29, 0.717) is 29.1 Å². The molecule has 3 N–H and O–H groups in total. The molecule has 0 spiro atoms. The number of hydrogen-bond donors (Lipinski definition) is 2. The number of hydrogen-bond acceptors (Lipinski definition) is 7. The predicted octanol–water partition coefficient (Wildman–Crippen LogP) is 1.62. The Labute approximate surface area is 125 Å².